The standard InChI is InChI=1S/C18H21N3/c1-12-7-8-15(13(2)11-12)18-16(9-10-19)21-14(3)5-4-6-17(21)20-18/h4-8,11H,9-10,19H2,1-3H3. The Morgan fingerprint density at radius 1 is 1.10 bits per heavy atom. The number of aryl methyl sites for hydroxylation is 3. The van der Waals surface area contributed by atoms with Gasteiger partial charge in [-0.3, -0.25) is 0 Å². The number of fused-ring (bicyclic) bond motifs is 1. The van der Waals surface area contributed by atoms with Gasteiger partial charge in [-0.15, -0.1) is 0 Å². The average molecular weight is 279 g/mol. The maximum atomic E-state index is 5.83. The van der Waals surface area contributed by atoms with E-state index in [4.69, 9.17) is 10.7 Å². The Morgan fingerprint density at radius 3 is 2.62 bits per heavy atom. The first-order valence-corrected chi connectivity index (χ1v) is 7.36. The van der Waals surface area contributed by atoms with E-state index in [2.05, 4.69) is 61.6 Å². The smallest absolute Gasteiger partial charge is 0.137 e. The van der Waals surface area contributed by atoms with E-state index in [1.54, 1.807) is 0 Å². The summed E-state index contributed by atoms with van der Waals surface area (Å²) in [5.74, 6) is 0. The average Bonchev–Trinajstić information content (AvgIpc) is 2.79. The summed E-state index contributed by atoms with van der Waals surface area (Å²) in [5.41, 5.74) is 14.0. The Kier molecular flexibility index (Phi) is 3.52. The minimum Gasteiger partial charge on any atom is -0.330 e. The summed E-state index contributed by atoms with van der Waals surface area (Å²) in [6.07, 6.45) is 0.828. The van der Waals surface area contributed by atoms with Crippen molar-refractivity contribution in [2.45, 2.75) is 27.2 Å². The van der Waals surface area contributed by atoms with Crippen LogP contribution in [0.15, 0.2) is 36.4 Å². The van der Waals surface area contributed by atoms with Crippen LogP contribution in [0.4, 0.5) is 0 Å². The van der Waals surface area contributed by atoms with Crippen LogP contribution in [0, 0.1) is 20.8 Å². The number of hydrogen-bond donors (Lipinski definition) is 1. The van der Waals surface area contributed by atoms with Crippen LogP contribution in [0.3, 0.4) is 0 Å². The largest absolute Gasteiger partial charge is 0.330 e. The number of imidazole rings is 1. The van der Waals surface area contributed by atoms with Gasteiger partial charge in [0.05, 0.1) is 11.4 Å². The fourth-order valence-electron chi connectivity index (χ4n) is 2.99. The van der Waals surface area contributed by atoms with E-state index in [1.807, 2.05) is 0 Å². The molecule has 0 aliphatic rings. The molecule has 3 heteroatoms. The molecule has 0 saturated heterocycles. The van der Waals surface area contributed by atoms with Crippen molar-refractivity contribution in [3.8, 4) is 11.3 Å². The molecule has 3 nitrogen and oxygen atoms in total. The van der Waals surface area contributed by atoms with E-state index in [0.29, 0.717) is 6.54 Å². The lowest BCUT2D eigenvalue weighted by molar-refractivity contribution is 0.891. The topological polar surface area (TPSA) is 43.3 Å². The van der Waals surface area contributed by atoms with Crippen LogP contribution >= 0.6 is 0 Å². The van der Waals surface area contributed by atoms with E-state index in [-0.39, 0.29) is 0 Å². The Balaban J connectivity index is 2.31. The van der Waals surface area contributed by atoms with Crippen LogP contribution in [-0.4, -0.2) is 15.9 Å². The quantitative estimate of drug-likeness (QED) is 0.798. The molecule has 0 amide bonds. The summed E-state index contributed by atoms with van der Waals surface area (Å²) in [7, 11) is 0. The van der Waals surface area contributed by atoms with E-state index in [1.165, 1.54) is 28.1 Å². The molecule has 3 aromatic rings. The normalized spacial score (nSPS) is 11.2. The zero-order valence-corrected chi connectivity index (χ0v) is 12.9. The molecule has 0 radical (unpaired) electrons. The molecule has 0 saturated carbocycles. The van der Waals surface area contributed by atoms with Gasteiger partial charge in [0.15, 0.2) is 0 Å². The van der Waals surface area contributed by atoms with E-state index in [0.717, 1.165) is 17.8 Å². The molecule has 108 valence electrons. The first kappa shape index (κ1) is 13.8. The number of nitrogens with two attached hydrogens (primary N) is 1. The van der Waals surface area contributed by atoms with Gasteiger partial charge in [0.2, 0.25) is 0 Å². The number of pyridine rings is 1. The third-order valence-corrected chi connectivity index (χ3v) is 3.95. The first-order valence-electron chi connectivity index (χ1n) is 7.36. The summed E-state index contributed by atoms with van der Waals surface area (Å²) < 4.78 is 2.22. The minimum absolute atomic E-state index is 0.625. The van der Waals surface area contributed by atoms with Crippen LogP contribution in [0.25, 0.3) is 16.9 Å². The molecule has 0 aliphatic carbocycles. The lowest BCUT2D eigenvalue weighted by Crippen LogP contribution is -2.07. The van der Waals surface area contributed by atoms with Gasteiger partial charge in [-0.05, 0) is 45.0 Å². The van der Waals surface area contributed by atoms with E-state index >= 15 is 0 Å². The Labute approximate surface area is 125 Å². The summed E-state index contributed by atoms with van der Waals surface area (Å²) in [4.78, 5) is 4.86. The third kappa shape index (κ3) is 2.34. The van der Waals surface area contributed by atoms with Crippen LogP contribution in [-0.2, 0) is 6.42 Å². The minimum atomic E-state index is 0.625. The molecule has 0 aliphatic heterocycles. The monoisotopic (exact) mass is 279 g/mol. The fraction of sp³-hybridized carbons (Fsp3) is 0.278. The molecular weight excluding hydrogens is 258 g/mol. The molecule has 3 rings (SSSR count). The molecule has 2 aromatic heterocycles. The number of hydrogen-bond acceptors (Lipinski definition) is 2. The van der Waals surface area contributed by atoms with E-state index < -0.39 is 0 Å². The molecule has 0 atom stereocenters. The highest BCUT2D eigenvalue weighted by molar-refractivity contribution is 5.70. The summed E-state index contributed by atoms with van der Waals surface area (Å²) in [6, 6.07) is 12.7. The highest BCUT2D eigenvalue weighted by Crippen LogP contribution is 2.29. The summed E-state index contributed by atoms with van der Waals surface area (Å²) in [5, 5.41) is 0. The van der Waals surface area contributed by atoms with Crippen molar-refractivity contribution in [2.24, 2.45) is 5.73 Å². The van der Waals surface area contributed by atoms with Gasteiger partial charge in [-0.1, -0.05) is 29.8 Å². The van der Waals surface area contributed by atoms with Crippen LogP contribution in [0.5, 0.6) is 0 Å². The molecule has 0 unspecified atom stereocenters. The van der Waals surface area contributed by atoms with Crippen molar-refractivity contribution in [3.05, 3.63) is 58.9 Å². The van der Waals surface area contributed by atoms with Crippen molar-refractivity contribution >= 4 is 5.65 Å². The first-order chi connectivity index (χ1) is 10.1. The molecule has 2 N–H and O–H groups in total. The van der Waals surface area contributed by atoms with Crippen molar-refractivity contribution in [1.29, 1.82) is 0 Å². The van der Waals surface area contributed by atoms with Crippen molar-refractivity contribution < 1.29 is 0 Å². The summed E-state index contributed by atoms with van der Waals surface area (Å²) in [6.45, 7) is 7.00. The Hall–Kier alpha value is -2.13. The van der Waals surface area contributed by atoms with Gasteiger partial charge in [0, 0.05) is 17.7 Å². The zero-order chi connectivity index (χ0) is 15.0. The molecule has 0 spiro atoms. The van der Waals surface area contributed by atoms with Gasteiger partial charge in [-0.2, -0.15) is 0 Å². The number of aromatic nitrogens is 2. The molecular formula is C18H21N3. The molecule has 2 heterocycles. The molecule has 0 fully saturated rings. The SMILES string of the molecule is Cc1ccc(-c2nc3cccc(C)n3c2CCN)c(C)c1. The number of rotatable bonds is 3. The van der Waals surface area contributed by atoms with Crippen LogP contribution < -0.4 is 5.73 Å². The lowest BCUT2D eigenvalue weighted by Gasteiger charge is -2.09. The lowest BCUT2D eigenvalue weighted by atomic mass is 10.0. The van der Waals surface area contributed by atoms with Gasteiger partial charge >= 0.3 is 0 Å². The fourth-order valence-corrected chi connectivity index (χ4v) is 2.99. The zero-order valence-electron chi connectivity index (χ0n) is 12.9. The van der Waals surface area contributed by atoms with Gasteiger partial charge < -0.3 is 10.1 Å². The highest BCUT2D eigenvalue weighted by atomic mass is 15.0. The maximum Gasteiger partial charge on any atom is 0.137 e. The van der Waals surface area contributed by atoms with Crippen LogP contribution in [0.1, 0.15) is 22.5 Å². The third-order valence-electron chi connectivity index (χ3n) is 3.95. The predicted molar refractivity (Wildman–Crippen MR) is 87.6 cm³/mol. The number of nitrogens with zero attached hydrogens (tertiary/aromatic N) is 2. The molecule has 1 aromatic carbocycles. The second-order valence-corrected chi connectivity index (χ2v) is 5.62. The highest BCUT2D eigenvalue weighted by Gasteiger charge is 2.16. The van der Waals surface area contributed by atoms with Gasteiger partial charge in [0.1, 0.15) is 5.65 Å². The van der Waals surface area contributed by atoms with Crippen LogP contribution in [0.2, 0.25) is 0 Å². The maximum absolute atomic E-state index is 5.83. The van der Waals surface area contributed by atoms with Crippen molar-refractivity contribution in [1.82, 2.24) is 9.38 Å². The summed E-state index contributed by atoms with van der Waals surface area (Å²) >= 11 is 0. The van der Waals surface area contributed by atoms with Gasteiger partial charge in [-0.25, -0.2) is 4.98 Å². The van der Waals surface area contributed by atoms with Gasteiger partial charge in [0.25, 0.3) is 0 Å². The predicted octanol–water partition coefficient (Wildman–Crippen LogP) is 3.43. The number of benzene rings is 1. The molecule has 0 bridgehead atoms. The Morgan fingerprint density at radius 2 is 1.90 bits per heavy atom. The second-order valence-electron chi connectivity index (χ2n) is 5.62. The molecule has 21 heavy (non-hydrogen) atoms. The van der Waals surface area contributed by atoms with Crippen molar-refractivity contribution in [3.63, 3.8) is 0 Å². The second kappa shape index (κ2) is 5.34. The van der Waals surface area contributed by atoms with Crippen molar-refractivity contribution in [2.75, 3.05) is 6.54 Å². The van der Waals surface area contributed by atoms with E-state index in [9.17, 15) is 0 Å². The Bertz CT molecular complexity index is 800.